The predicted molar refractivity (Wildman–Crippen MR) is 50.9 cm³/mol. The number of nitriles is 1. The first-order valence-corrected chi connectivity index (χ1v) is 3.90. The summed E-state index contributed by atoms with van der Waals surface area (Å²) in [6.45, 7) is 1.74. The van der Waals surface area contributed by atoms with Crippen LogP contribution in [-0.4, -0.2) is 6.29 Å². The van der Waals surface area contributed by atoms with Crippen molar-refractivity contribution >= 4 is 12.4 Å². The Labute approximate surface area is 77.1 Å². The quantitative estimate of drug-likeness (QED) is 0.505. The van der Waals surface area contributed by atoms with E-state index >= 15 is 0 Å². The topological polar surface area (TPSA) is 40.9 Å². The minimum absolute atomic E-state index is 0.626. The van der Waals surface area contributed by atoms with Gasteiger partial charge >= 0.3 is 0 Å². The van der Waals surface area contributed by atoms with E-state index < -0.39 is 0 Å². The third kappa shape index (κ3) is 2.57. The fourth-order valence-electron chi connectivity index (χ4n) is 0.951. The molecule has 0 fully saturated rings. The zero-order valence-electron chi connectivity index (χ0n) is 7.32. The van der Waals surface area contributed by atoms with Crippen molar-refractivity contribution in [1.82, 2.24) is 0 Å². The largest absolute Gasteiger partial charge is 0.298 e. The van der Waals surface area contributed by atoms with Gasteiger partial charge in [0.05, 0.1) is 11.6 Å². The summed E-state index contributed by atoms with van der Waals surface area (Å²) < 4.78 is 0. The average molecular weight is 171 g/mol. The summed E-state index contributed by atoms with van der Waals surface area (Å²) >= 11 is 0. The second-order valence-electron chi connectivity index (χ2n) is 2.74. The third-order valence-electron chi connectivity index (χ3n) is 1.62. The van der Waals surface area contributed by atoms with Crippen LogP contribution >= 0.6 is 0 Å². The molecule has 0 N–H and O–H groups in total. The van der Waals surface area contributed by atoms with Gasteiger partial charge in [-0.25, -0.2) is 0 Å². The summed E-state index contributed by atoms with van der Waals surface area (Å²) in [5.74, 6) is 0. The first-order chi connectivity index (χ1) is 6.26. The molecule has 0 aliphatic carbocycles. The van der Waals surface area contributed by atoms with Crippen LogP contribution in [0.3, 0.4) is 0 Å². The molecule has 0 saturated carbocycles. The Hall–Kier alpha value is -1.88. The summed E-state index contributed by atoms with van der Waals surface area (Å²) in [7, 11) is 0. The van der Waals surface area contributed by atoms with Crippen molar-refractivity contribution in [1.29, 1.82) is 5.26 Å². The van der Waals surface area contributed by atoms with E-state index in [9.17, 15) is 4.79 Å². The van der Waals surface area contributed by atoms with Gasteiger partial charge in [-0.05, 0) is 36.3 Å². The van der Waals surface area contributed by atoms with Gasteiger partial charge in [0.2, 0.25) is 0 Å². The first-order valence-electron chi connectivity index (χ1n) is 3.90. The zero-order valence-corrected chi connectivity index (χ0v) is 7.32. The highest BCUT2D eigenvalue weighted by Crippen LogP contribution is 2.07. The van der Waals surface area contributed by atoms with E-state index in [1.165, 1.54) is 0 Å². The van der Waals surface area contributed by atoms with Crippen LogP contribution in [0, 0.1) is 11.3 Å². The molecule has 0 heterocycles. The number of benzene rings is 1. The molecule has 0 radical (unpaired) electrons. The van der Waals surface area contributed by atoms with Crippen LogP contribution < -0.4 is 0 Å². The average Bonchev–Trinajstić information content (AvgIpc) is 2.19. The van der Waals surface area contributed by atoms with E-state index in [2.05, 4.69) is 0 Å². The zero-order chi connectivity index (χ0) is 9.68. The highest BCUT2D eigenvalue weighted by molar-refractivity contribution is 5.80. The maximum atomic E-state index is 10.3. The Morgan fingerprint density at radius 2 is 2.00 bits per heavy atom. The summed E-state index contributed by atoms with van der Waals surface area (Å²) in [6.07, 6.45) is 2.58. The van der Waals surface area contributed by atoms with Crippen molar-refractivity contribution in [2.75, 3.05) is 0 Å². The van der Waals surface area contributed by atoms with Gasteiger partial charge in [0, 0.05) is 0 Å². The normalized spacial score (nSPS) is 10.6. The molecule has 64 valence electrons. The minimum Gasteiger partial charge on any atom is -0.298 e. The molecule has 0 bridgehead atoms. The van der Waals surface area contributed by atoms with Crippen LogP contribution in [0.4, 0.5) is 0 Å². The van der Waals surface area contributed by atoms with Gasteiger partial charge < -0.3 is 0 Å². The van der Waals surface area contributed by atoms with Gasteiger partial charge in [-0.3, -0.25) is 4.79 Å². The molecule has 0 amide bonds. The van der Waals surface area contributed by atoms with Crippen LogP contribution in [0.25, 0.3) is 6.08 Å². The highest BCUT2D eigenvalue weighted by atomic mass is 16.1. The number of rotatable bonds is 2. The van der Waals surface area contributed by atoms with Crippen molar-refractivity contribution in [2.24, 2.45) is 0 Å². The van der Waals surface area contributed by atoms with Crippen LogP contribution in [-0.2, 0) is 4.79 Å². The van der Waals surface area contributed by atoms with Crippen molar-refractivity contribution in [3.8, 4) is 6.07 Å². The van der Waals surface area contributed by atoms with E-state index in [-0.39, 0.29) is 0 Å². The van der Waals surface area contributed by atoms with E-state index in [1.807, 2.05) is 18.2 Å². The van der Waals surface area contributed by atoms with E-state index in [1.54, 1.807) is 25.1 Å². The van der Waals surface area contributed by atoms with Crippen molar-refractivity contribution < 1.29 is 4.79 Å². The Bertz CT molecular complexity index is 368. The molecule has 1 aromatic rings. The smallest absolute Gasteiger partial charge is 0.145 e. The number of aldehydes is 1. The minimum atomic E-state index is 0.626. The fraction of sp³-hybridized carbons (Fsp3) is 0.0909. The van der Waals surface area contributed by atoms with Gasteiger partial charge in [0.15, 0.2) is 0 Å². The summed E-state index contributed by atoms with van der Waals surface area (Å²) in [5.41, 5.74) is 2.23. The van der Waals surface area contributed by atoms with E-state index in [0.717, 1.165) is 11.8 Å². The fourth-order valence-corrected chi connectivity index (χ4v) is 0.951. The van der Waals surface area contributed by atoms with Gasteiger partial charge in [-0.1, -0.05) is 12.1 Å². The molecule has 0 unspecified atom stereocenters. The number of carbonyl (C=O) groups is 1. The molecule has 0 aliphatic heterocycles. The van der Waals surface area contributed by atoms with Gasteiger partial charge in [0.25, 0.3) is 0 Å². The lowest BCUT2D eigenvalue weighted by Crippen LogP contribution is -1.79. The predicted octanol–water partition coefficient (Wildman–Crippen LogP) is 2.16. The number of nitrogens with zero attached hydrogens (tertiary/aromatic N) is 1. The van der Waals surface area contributed by atoms with Gasteiger partial charge in [-0.15, -0.1) is 0 Å². The number of carbonyl (C=O) groups excluding carboxylic acids is 1. The molecule has 0 atom stereocenters. The Kier molecular flexibility index (Phi) is 2.99. The molecular weight excluding hydrogens is 162 g/mol. The molecule has 0 aromatic heterocycles. The molecule has 13 heavy (non-hydrogen) atoms. The molecule has 2 heteroatoms. The van der Waals surface area contributed by atoms with Gasteiger partial charge in [0.1, 0.15) is 6.29 Å². The molecule has 2 nitrogen and oxygen atoms in total. The number of hydrogen-bond donors (Lipinski definition) is 0. The second-order valence-corrected chi connectivity index (χ2v) is 2.74. The van der Waals surface area contributed by atoms with Crippen LogP contribution in [0.15, 0.2) is 29.8 Å². The Balaban J connectivity index is 2.94. The van der Waals surface area contributed by atoms with Crippen LogP contribution in [0.1, 0.15) is 18.1 Å². The summed E-state index contributed by atoms with van der Waals surface area (Å²) in [5, 5.41) is 8.53. The van der Waals surface area contributed by atoms with Crippen LogP contribution in [0.5, 0.6) is 0 Å². The molecular formula is C11H9NO. The van der Waals surface area contributed by atoms with E-state index in [4.69, 9.17) is 5.26 Å². The number of allylic oxidation sites excluding steroid dienone is 1. The lowest BCUT2D eigenvalue weighted by Gasteiger charge is -1.93. The van der Waals surface area contributed by atoms with Crippen LogP contribution in [0.2, 0.25) is 0 Å². The lowest BCUT2D eigenvalue weighted by atomic mass is 10.1. The second kappa shape index (κ2) is 4.22. The maximum Gasteiger partial charge on any atom is 0.145 e. The Morgan fingerprint density at radius 3 is 2.46 bits per heavy atom. The first kappa shape index (κ1) is 9.21. The van der Waals surface area contributed by atoms with Gasteiger partial charge in [-0.2, -0.15) is 5.26 Å². The molecule has 0 spiro atoms. The third-order valence-corrected chi connectivity index (χ3v) is 1.62. The SMILES string of the molecule is CC(C=O)=Cc1ccc(C#N)cc1. The number of hydrogen-bond acceptors (Lipinski definition) is 2. The van der Waals surface area contributed by atoms with Crippen molar-refractivity contribution in [3.63, 3.8) is 0 Å². The lowest BCUT2D eigenvalue weighted by molar-refractivity contribution is -0.104. The molecule has 0 aliphatic rings. The molecule has 1 aromatic carbocycles. The monoisotopic (exact) mass is 171 g/mol. The highest BCUT2D eigenvalue weighted by Gasteiger charge is 1.91. The maximum absolute atomic E-state index is 10.3. The summed E-state index contributed by atoms with van der Waals surface area (Å²) in [6, 6.07) is 9.11. The molecule has 1 rings (SSSR count). The standard InChI is InChI=1S/C11H9NO/c1-9(8-13)6-10-2-4-11(7-12)5-3-10/h2-6,8H,1H3. The Morgan fingerprint density at radius 1 is 1.38 bits per heavy atom. The molecule has 0 saturated heterocycles. The van der Waals surface area contributed by atoms with Crippen molar-refractivity contribution in [2.45, 2.75) is 6.92 Å². The summed E-state index contributed by atoms with van der Waals surface area (Å²) in [4.78, 5) is 10.3. The van der Waals surface area contributed by atoms with Crippen molar-refractivity contribution in [3.05, 3.63) is 41.0 Å². The van der Waals surface area contributed by atoms with E-state index in [0.29, 0.717) is 11.1 Å².